The number of nitrogens with two attached hydrogens (primary N) is 1. The zero-order chi connectivity index (χ0) is 19.9. The number of carbonyl (C=O) groups is 3. The van der Waals surface area contributed by atoms with Crippen LogP contribution < -0.4 is 15.5 Å². The van der Waals surface area contributed by atoms with Crippen LogP contribution in [0.15, 0.2) is 18.2 Å². The monoisotopic (exact) mass is 404 g/mol. The van der Waals surface area contributed by atoms with Gasteiger partial charge in [-0.05, 0) is 18.2 Å². The molecule has 2 aliphatic rings. The molecule has 0 bridgehead atoms. The Morgan fingerprint density at radius 2 is 1.85 bits per heavy atom. The van der Waals surface area contributed by atoms with Crippen LogP contribution in [0.2, 0.25) is 5.02 Å². The average Bonchev–Trinajstić information content (AvgIpc) is 2.89. The average molecular weight is 405 g/mol. The summed E-state index contributed by atoms with van der Waals surface area (Å²) in [5.74, 6) is -1.72. The van der Waals surface area contributed by atoms with Gasteiger partial charge in [-0.15, -0.1) is 0 Å². The number of carbonyl (C=O) groups excluding carboxylic acids is 3. The van der Waals surface area contributed by atoms with Crippen LogP contribution in [0.4, 0.5) is 18.9 Å². The molecule has 3 rings (SSSR count). The van der Waals surface area contributed by atoms with Crippen molar-refractivity contribution in [3.05, 3.63) is 28.8 Å². The number of imide groups is 1. The van der Waals surface area contributed by atoms with E-state index in [1.807, 2.05) is 0 Å². The first-order chi connectivity index (χ1) is 12.6. The number of alkyl halides is 3. The fraction of sp³-hybridized carbons (Fsp3) is 0.471. The van der Waals surface area contributed by atoms with Gasteiger partial charge >= 0.3 is 6.18 Å². The number of anilines is 1. The maximum absolute atomic E-state index is 13.1. The SMILES string of the molecule is NC(=O)C1CC[NH+]([C@H]2CC(=O)N(c3ccc(Cl)c(C(F)(F)F)c3)C2=O)CC1. The van der Waals surface area contributed by atoms with Crippen LogP contribution in [0, 0.1) is 5.92 Å². The highest BCUT2D eigenvalue weighted by molar-refractivity contribution is 6.31. The van der Waals surface area contributed by atoms with E-state index in [4.69, 9.17) is 17.3 Å². The van der Waals surface area contributed by atoms with Crippen LogP contribution in [-0.4, -0.2) is 36.9 Å². The summed E-state index contributed by atoms with van der Waals surface area (Å²) in [4.78, 5) is 38.0. The molecule has 0 spiro atoms. The minimum absolute atomic E-state index is 0.0839. The largest absolute Gasteiger partial charge is 0.417 e. The van der Waals surface area contributed by atoms with Crippen molar-refractivity contribution in [1.29, 1.82) is 0 Å². The highest BCUT2D eigenvalue weighted by Crippen LogP contribution is 2.37. The van der Waals surface area contributed by atoms with Crippen LogP contribution in [0.5, 0.6) is 0 Å². The molecule has 0 radical (unpaired) electrons. The highest BCUT2D eigenvalue weighted by atomic mass is 35.5. The first kappa shape index (κ1) is 19.6. The molecule has 27 heavy (non-hydrogen) atoms. The van der Waals surface area contributed by atoms with Crippen molar-refractivity contribution < 1.29 is 32.5 Å². The number of likely N-dealkylation sites (tertiary alicyclic amines) is 1. The number of piperidine rings is 1. The molecule has 146 valence electrons. The number of rotatable bonds is 3. The standard InChI is InChI=1S/C17H17ClF3N3O3/c18-12-2-1-10(7-11(12)17(19,20)21)24-14(25)8-13(16(24)27)23-5-3-9(4-6-23)15(22)26/h1-2,7,9,13H,3-6,8H2,(H2,22,26)/p+1/t13-/m0/s1. The van der Waals surface area contributed by atoms with Crippen molar-refractivity contribution in [3.63, 3.8) is 0 Å². The highest BCUT2D eigenvalue weighted by Gasteiger charge is 2.47. The number of benzene rings is 1. The summed E-state index contributed by atoms with van der Waals surface area (Å²) >= 11 is 5.60. The van der Waals surface area contributed by atoms with Gasteiger partial charge in [0.2, 0.25) is 11.8 Å². The molecule has 1 aromatic rings. The van der Waals surface area contributed by atoms with Gasteiger partial charge in [-0.3, -0.25) is 14.4 Å². The van der Waals surface area contributed by atoms with Gasteiger partial charge in [0.05, 0.1) is 35.8 Å². The Balaban J connectivity index is 1.80. The second-order valence-corrected chi connectivity index (χ2v) is 7.23. The number of amides is 3. The molecule has 0 aliphatic carbocycles. The Labute approximate surface area is 158 Å². The predicted octanol–water partition coefficient (Wildman–Crippen LogP) is 0.771. The summed E-state index contributed by atoms with van der Waals surface area (Å²) in [6, 6.07) is 2.30. The molecule has 3 N–H and O–H groups in total. The quantitative estimate of drug-likeness (QED) is 0.730. The Morgan fingerprint density at radius 1 is 1.22 bits per heavy atom. The minimum Gasteiger partial charge on any atom is -0.369 e. The van der Waals surface area contributed by atoms with Crippen molar-refractivity contribution in [2.24, 2.45) is 11.7 Å². The van der Waals surface area contributed by atoms with Gasteiger partial charge in [0, 0.05) is 18.8 Å². The Kier molecular flexibility index (Phi) is 5.18. The van der Waals surface area contributed by atoms with Gasteiger partial charge in [-0.1, -0.05) is 11.6 Å². The zero-order valence-electron chi connectivity index (χ0n) is 14.2. The Hall–Kier alpha value is -2.13. The van der Waals surface area contributed by atoms with Crippen LogP contribution >= 0.6 is 11.6 Å². The number of nitrogens with zero attached hydrogens (tertiary/aromatic N) is 1. The van der Waals surface area contributed by atoms with Crippen molar-refractivity contribution in [2.45, 2.75) is 31.5 Å². The molecule has 1 aromatic carbocycles. The topological polar surface area (TPSA) is 84.9 Å². The fourth-order valence-corrected chi connectivity index (χ4v) is 3.94. The molecule has 1 atom stereocenters. The lowest BCUT2D eigenvalue weighted by molar-refractivity contribution is -0.920. The maximum Gasteiger partial charge on any atom is 0.417 e. The molecule has 0 saturated carbocycles. The minimum atomic E-state index is -4.69. The Morgan fingerprint density at radius 3 is 2.41 bits per heavy atom. The van der Waals surface area contributed by atoms with Crippen molar-refractivity contribution in [2.75, 3.05) is 18.0 Å². The van der Waals surface area contributed by atoms with E-state index in [2.05, 4.69) is 0 Å². The Bertz CT molecular complexity index is 791. The molecule has 2 aliphatic heterocycles. The molecule has 2 saturated heterocycles. The van der Waals surface area contributed by atoms with Gasteiger partial charge < -0.3 is 10.6 Å². The lowest BCUT2D eigenvalue weighted by Crippen LogP contribution is -3.17. The van der Waals surface area contributed by atoms with E-state index in [0.717, 1.165) is 21.9 Å². The van der Waals surface area contributed by atoms with Gasteiger partial charge in [0.25, 0.3) is 5.91 Å². The fourth-order valence-electron chi connectivity index (χ4n) is 3.71. The number of hydrogen-bond acceptors (Lipinski definition) is 3. The number of nitrogens with one attached hydrogen (secondary N) is 1. The van der Waals surface area contributed by atoms with E-state index >= 15 is 0 Å². The summed E-state index contributed by atoms with van der Waals surface area (Å²) in [6.45, 7) is 0.999. The van der Waals surface area contributed by atoms with Crippen LogP contribution in [0.25, 0.3) is 0 Å². The van der Waals surface area contributed by atoms with Crippen molar-refractivity contribution >= 4 is 35.0 Å². The van der Waals surface area contributed by atoms with Gasteiger partial charge in [0.15, 0.2) is 6.04 Å². The third-order valence-corrected chi connectivity index (χ3v) is 5.51. The van der Waals surface area contributed by atoms with Gasteiger partial charge in [-0.2, -0.15) is 13.2 Å². The second-order valence-electron chi connectivity index (χ2n) is 6.82. The molecule has 6 nitrogen and oxygen atoms in total. The normalized spacial score (nSPS) is 26.5. The van der Waals surface area contributed by atoms with Crippen LogP contribution in [0.3, 0.4) is 0 Å². The van der Waals surface area contributed by atoms with Gasteiger partial charge in [-0.25, -0.2) is 4.90 Å². The molecule has 3 amide bonds. The number of primary amides is 1. The number of halogens is 4. The van der Waals surface area contributed by atoms with Crippen molar-refractivity contribution in [3.8, 4) is 0 Å². The van der Waals surface area contributed by atoms with Crippen molar-refractivity contribution in [1.82, 2.24) is 0 Å². The van der Waals surface area contributed by atoms with E-state index in [9.17, 15) is 27.6 Å². The number of hydrogen-bond donors (Lipinski definition) is 2. The predicted molar refractivity (Wildman–Crippen MR) is 90.0 cm³/mol. The van der Waals surface area contributed by atoms with E-state index in [0.29, 0.717) is 25.9 Å². The zero-order valence-corrected chi connectivity index (χ0v) is 14.9. The van der Waals surface area contributed by atoms with E-state index in [-0.39, 0.29) is 23.9 Å². The molecular weight excluding hydrogens is 387 g/mol. The molecule has 2 heterocycles. The van der Waals surface area contributed by atoms with E-state index in [1.54, 1.807) is 0 Å². The molecule has 10 heteroatoms. The van der Waals surface area contributed by atoms with Gasteiger partial charge in [0.1, 0.15) is 0 Å². The second kappa shape index (κ2) is 7.12. The number of quaternary nitrogens is 1. The first-order valence-electron chi connectivity index (χ1n) is 8.47. The third kappa shape index (κ3) is 3.79. The smallest absolute Gasteiger partial charge is 0.369 e. The maximum atomic E-state index is 13.1. The third-order valence-electron chi connectivity index (χ3n) is 5.18. The van der Waals surface area contributed by atoms with Crippen LogP contribution in [0.1, 0.15) is 24.8 Å². The molecule has 0 aromatic heterocycles. The lowest BCUT2D eigenvalue weighted by atomic mass is 9.95. The summed E-state index contributed by atoms with van der Waals surface area (Å²) in [7, 11) is 0. The summed E-state index contributed by atoms with van der Waals surface area (Å²) in [5, 5.41) is -0.499. The lowest BCUT2D eigenvalue weighted by Gasteiger charge is -2.30. The summed E-state index contributed by atoms with van der Waals surface area (Å²) in [6.07, 6.45) is -3.75. The molecular formula is C17H18ClF3N3O3+. The summed E-state index contributed by atoms with van der Waals surface area (Å²) in [5.41, 5.74) is 4.05. The molecule has 0 unspecified atom stereocenters. The molecule has 2 fully saturated rings. The van der Waals surface area contributed by atoms with Crippen LogP contribution in [-0.2, 0) is 20.6 Å². The van der Waals surface area contributed by atoms with E-state index < -0.39 is 34.6 Å². The summed E-state index contributed by atoms with van der Waals surface area (Å²) < 4.78 is 39.2. The first-order valence-corrected chi connectivity index (χ1v) is 8.85. The van der Waals surface area contributed by atoms with E-state index in [1.165, 1.54) is 6.07 Å².